The Bertz CT molecular complexity index is 467. The number of rotatable bonds is 6. The van der Waals surface area contributed by atoms with Crippen LogP contribution in [0, 0.1) is 5.92 Å². The van der Waals surface area contributed by atoms with Gasteiger partial charge in [0.25, 0.3) is 0 Å². The normalized spacial score (nSPS) is 19.9. The van der Waals surface area contributed by atoms with Gasteiger partial charge in [0.1, 0.15) is 0 Å². The molecule has 23 heavy (non-hydrogen) atoms. The Morgan fingerprint density at radius 3 is 2.61 bits per heavy atom. The first-order chi connectivity index (χ1) is 10.6. The quantitative estimate of drug-likeness (QED) is 0.837. The molecule has 1 amide bonds. The first-order valence-corrected chi connectivity index (χ1v) is 8.34. The van der Waals surface area contributed by atoms with Gasteiger partial charge in [-0.25, -0.2) is 0 Å². The summed E-state index contributed by atoms with van der Waals surface area (Å²) in [5, 5.41) is 6.53. The van der Waals surface area contributed by atoms with Crippen molar-refractivity contribution in [2.45, 2.75) is 38.8 Å². The van der Waals surface area contributed by atoms with Crippen molar-refractivity contribution in [2.75, 3.05) is 26.7 Å². The monoisotopic (exact) mass is 339 g/mol. The van der Waals surface area contributed by atoms with Crippen LogP contribution >= 0.6 is 12.4 Å². The Labute approximate surface area is 146 Å². The summed E-state index contributed by atoms with van der Waals surface area (Å²) in [6, 6.07) is 10.8. The van der Waals surface area contributed by atoms with Crippen LogP contribution in [-0.4, -0.2) is 43.5 Å². The van der Waals surface area contributed by atoms with Crippen molar-refractivity contribution in [2.24, 2.45) is 5.92 Å². The highest BCUT2D eigenvalue weighted by Gasteiger charge is 2.23. The minimum Gasteiger partial charge on any atom is -0.348 e. The predicted molar refractivity (Wildman–Crippen MR) is 97.9 cm³/mol. The maximum atomic E-state index is 12.4. The molecule has 0 spiro atoms. The number of hydrogen-bond donors (Lipinski definition) is 2. The van der Waals surface area contributed by atoms with E-state index in [1.165, 1.54) is 12.0 Å². The third kappa shape index (κ3) is 6.13. The van der Waals surface area contributed by atoms with E-state index in [0.29, 0.717) is 18.5 Å². The number of hydrogen-bond acceptors (Lipinski definition) is 3. The lowest BCUT2D eigenvalue weighted by Gasteiger charge is -2.32. The maximum absolute atomic E-state index is 12.4. The summed E-state index contributed by atoms with van der Waals surface area (Å²) in [5.74, 6) is 0.497. The molecule has 0 radical (unpaired) electrons. The van der Waals surface area contributed by atoms with Gasteiger partial charge in [-0.05, 0) is 37.9 Å². The third-order valence-corrected chi connectivity index (χ3v) is 4.42. The van der Waals surface area contributed by atoms with Crippen LogP contribution < -0.4 is 10.6 Å². The van der Waals surface area contributed by atoms with Crippen molar-refractivity contribution in [3.8, 4) is 0 Å². The summed E-state index contributed by atoms with van der Waals surface area (Å²) in [6.45, 7) is 6.77. The van der Waals surface area contributed by atoms with E-state index < -0.39 is 0 Å². The number of nitrogens with one attached hydrogen (secondary N) is 2. The molecule has 1 heterocycles. The molecular formula is C18H30ClN3O. The second-order valence-electron chi connectivity index (χ2n) is 6.56. The molecule has 0 bridgehead atoms. The van der Waals surface area contributed by atoms with Crippen LogP contribution in [0.4, 0.5) is 0 Å². The second-order valence-corrected chi connectivity index (χ2v) is 6.56. The number of piperidine rings is 1. The van der Waals surface area contributed by atoms with Gasteiger partial charge < -0.3 is 10.6 Å². The molecule has 1 aliphatic heterocycles. The van der Waals surface area contributed by atoms with E-state index in [-0.39, 0.29) is 24.4 Å². The average molecular weight is 340 g/mol. The lowest BCUT2D eigenvalue weighted by Crippen LogP contribution is -2.48. The van der Waals surface area contributed by atoms with Gasteiger partial charge in [0.15, 0.2) is 0 Å². The zero-order chi connectivity index (χ0) is 15.9. The van der Waals surface area contributed by atoms with Crippen LogP contribution in [0.2, 0.25) is 0 Å². The largest absolute Gasteiger partial charge is 0.348 e. The SMILES string of the molecule is CNC1CCCN(CC(=O)NC(c2ccccc2)C(C)C)C1.Cl. The van der Waals surface area contributed by atoms with Crippen LogP contribution in [0.5, 0.6) is 0 Å². The number of halogens is 1. The molecule has 130 valence electrons. The third-order valence-electron chi connectivity index (χ3n) is 4.42. The molecule has 1 fully saturated rings. The van der Waals surface area contributed by atoms with Crippen molar-refractivity contribution in [1.82, 2.24) is 15.5 Å². The number of likely N-dealkylation sites (tertiary alicyclic amines) is 1. The standard InChI is InChI=1S/C18H29N3O.ClH/c1-14(2)18(15-8-5-4-6-9-15)20-17(22)13-21-11-7-10-16(12-21)19-3;/h4-6,8-9,14,16,18-19H,7,10-13H2,1-3H3,(H,20,22);1H. The maximum Gasteiger partial charge on any atom is 0.234 e. The van der Waals surface area contributed by atoms with E-state index in [1.807, 2.05) is 25.2 Å². The zero-order valence-corrected chi connectivity index (χ0v) is 15.2. The van der Waals surface area contributed by atoms with Gasteiger partial charge in [0.05, 0.1) is 12.6 Å². The van der Waals surface area contributed by atoms with Gasteiger partial charge in [-0.2, -0.15) is 0 Å². The van der Waals surface area contributed by atoms with Crippen molar-refractivity contribution < 1.29 is 4.79 Å². The predicted octanol–water partition coefficient (Wildman–Crippen LogP) is 2.61. The highest BCUT2D eigenvalue weighted by molar-refractivity contribution is 5.85. The van der Waals surface area contributed by atoms with E-state index >= 15 is 0 Å². The Morgan fingerprint density at radius 2 is 2.00 bits per heavy atom. The molecule has 1 saturated heterocycles. The molecule has 1 aromatic carbocycles. The molecule has 2 unspecified atom stereocenters. The summed E-state index contributed by atoms with van der Waals surface area (Å²) in [6.07, 6.45) is 2.36. The first kappa shape index (κ1) is 19.9. The Kier molecular flexibility index (Phi) is 8.59. The lowest BCUT2D eigenvalue weighted by molar-refractivity contribution is -0.123. The van der Waals surface area contributed by atoms with Gasteiger partial charge in [-0.1, -0.05) is 44.2 Å². The highest BCUT2D eigenvalue weighted by Crippen LogP contribution is 2.21. The van der Waals surface area contributed by atoms with E-state index in [0.717, 1.165) is 19.5 Å². The van der Waals surface area contributed by atoms with E-state index in [4.69, 9.17) is 0 Å². The number of amides is 1. The van der Waals surface area contributed by atoms with Gasteiger partial charge >= 0.3 is 0 Å². The molecule has 1 aliphatic rings. The molecule has 0 saturated carbocycles. The highest BCUT2D eigenvalue weighted by atomic mass is 35.5. The van der Waals surface area contributed by atoms with E-state index in [9.17, 15) is 4.79 Å². The number of likely N-dealkylation sites (N-methyl/N-ethyl adjacent to an activating group) is 1. The van der Waals surface area contributed by atoms with Crippen LogP contribution in [0.25, 0.3) is 0 Å². The molecule has 5 heteroatoms. The minimum atomic E-state index is 0. The summed E-state index contributed by atoms with van der Waals surface area (Å²) < 4.78 is 0. The zero-order valence-electron chi connectivity index (χ0n) is 14.4. The van der Waals surface area contributed by atoms with Crippen LogP contribution in [0.15, 0.2) is 30.3 Å². The van der Waals surface area contributed by atoms with Crippen molar-refractivity contribution in [3.63, 3.8) is 0 Å². The topological polar surface area (TPSA) is 44.4 Å². The van der Waals surface area contributed by atoms with Crippen LogP contribution in [0.1, 0.15) is 38.3 Å². The van der Waals surface area contributed by atoms with Crippen molar-refractivity contribution >= 4 is 18.3 Å². The number of carbonyl (C=O) groups excluding carboxylic acids is 1. The summed E-state index contributed by atoms with van der Waals surface area (Å²) >= 11 is 0. The first-order valence-electron chi connectivity index (χ1n) is 8.34. The molecule has 2 atom stereocenters. The van der Waals surface area contributed by atoms with Crippen LogP contribution in [0.3, 0.4) is 0 Å². The minimum absolute atomic E-state index is 0. The molecule has 0 aromatic heterocycles. The fourth-order valence-electron chi connectivity index (χ4n) is 3.15. The Hall–Kier alpha value is -1.10. The number of nitrogens with zero attached hydrogens (tertiary/aromatic N) is 1. The molecule has 2 rings (SSSR count). The van der Waals surface area contributed by atoms with Crippen molar-refractivity contribution in [3.05, 3.63) is 35.9 Å². The second kappa shape index (κ2) is 9.91. The van der Waals surface area contributed by atoms with Crippen LogP contribution in [-0.2, 0) is 4.79 Å². The lowest BCUT2D eigenvalue weighted by atomic mass is 9.96. The average Bonchev–Trinajstić information content (AvgIpc) is 2.53. The van der Waals surface area contributed by atoms with Gasteiger partial charge in [-0.15, -0.1) is 12.4 Å². The molecule has 4 nitrogen and oxygen atoms in total. The van der Waals surface area contributed by atoms with Gasteiger partial charge in [0, 0.05) is 12.6 Å². The van der Waals surface area contributed by atoms with Gasteiger partial charge in [-0.3, -0.25) is 9.69 Å². The molecular weight excluding hydrogens is 310 g/mol. The summed E-state index contributed by atoms with van der Waals surface area (Å²) in [5.41, 5.74) is 1.18. The number of carbonyl (C=O) groups is 1. The fourth-order valence-corrected chi connectivity index (χ4v) is 3.15. The molecule has 1 aromatic rings. The van der Waals surface area contributed by atoms with Crippen molar-refractivity contribution in [1.29, 1.82) is 0 Å². The van der Waals surface area contributed by atoms with E-state index in [1.54, 1.807) is 0 Å². The summed E-state index contributed by atoms with van der Waals surface area (Å²) in [4.78, 5) is 14.7. The summed E-state index contributed by atoms with van der Waals surface area (Å²) in [7, 11) is 2.00. The Balaban J connectivity index is 0.00000264. The molecule has 0 aliphatic carbocycles. The smallest absolute Gasteiger partial charge is 0.234 e. The number of benzene rings is 1. The molecule has 2 N–H and O–H groups in total. The van der Waals surface area contributed by atoms with E-state index in [2.05, 4.69) is 41.5 Å². The van der Waals surface area contributed by atoms with Gasteiger partial charge in [0.2, 0.25) is 5.91 Å². The Morgan fingerprint density at radius 1 is 1.30 bits per heavy atom. The fraction of sp³-hybridized carbons (Fsp3) is 0.611.